The highest BCUT2D eigenvalue weighted by Gasteiger charge is 2.24. The zero-order chi connectivity index (χ0) is 27.1. The van der Waals surface area contributed by atoms with Gasteiger partial charge in [0.25, 0.3) is 0 Å². The van der Waals surface area contributed by atoms with Gasteiger partial charge in [0.1, 0.15) is 0 Å². The van der Waals surface area contributed by atoms with Gasteiger partial charge < -0.3 is 15.4 Å². The molecule has 7 nitrogen and oxygen atoms in total. The van der Waals surface area contributed by atoms with Crippen LogP contribution in [-0.2, 0) is 26.0 Å². The third-order valence-electron chi connectivity index (χ3n) is 5.77. The highest BCUT2D eigenvalue weighted by atomic mass is 32.2. The second kappa shape index (κ2) is 12.5. The average molecular weight is 534 g/mol. The SMILES string of the molecule is Cc1ccc(C[C@@H](CNC(=S)NC(C)c2ccc(NS(C)(=O)=O)cc2)COC(=O)C(C)(C)C)cc1C. The number of sulfonamides is 1. The summed E-state index contributed by atoms with van der Waals surface area (Å²) in [5.74, 6) is -0.189. The van der Waals surface area contributed by atoms with E-state index >= 15 is 0 Å². The maximum Gasteiger partial charge on any atom is 0.311 e. The van der Waals surface area contributed by atoms with Gasteiger partial charge in [0, 0.05) is 18.2 Å². The number of benzene rings is 2. The summed E-state index contributed by atoms with van der Waals surface area (Å²) in [4.78, 5) is 12.3. The molecule has 0 saturated carbocycles. The highest BCUT2D eigenvalue weighted by Crippen LogP contribution is 2.19. The van der Waals surface area contributed by atoms with Crippen LogP contribution in [-0.4, -0.2) is 38.9 Å². The predicted molar refractivity (Wildman–Crippen MR) is 151 cm³/mol. The summed E-state index contributed by atoms with van der Waals surface area (Å²) in [7, 11) is -3.32. The molecule has 0 fully saturated rings. The molecule has 0 aromatic heterocycles. The molecule has 3 N–H and O–H groups in total. The largest absolute Gasteiger partial charge is 0.465 e. The lowest BCUT2D eigenvalue weighted by Gasteiger charge is -2.23. The Morgan fingerprint density at radius 2 is 1.69 bits per heavy atom. The Bertz CT molecular complexity index is 1160. The van der Waals surface area contributed by atoms with Gasteiger partial charge in [-0.05, 0) is 94.6 Å². The van der Waals surface area contributed by atoms with Gasteiger partial charge in [0.2, 0.25) is 10.0 Å². The topological polar surface area (TPSA) is 96.5 Å². The third-order valence-corrected chi connectivity index (χ3v) is 6.64. The quantitative estimate of drug-likeness (QED) is 0.302. The molecule has 198 valence electrons. The Balaban J connectivity index is 1.99. The van der Waals surface area contributed by atoms with E-state index in [0.29, 0.717) is 24.0 Å². The number of carbonyl (C=O) groups excluding carboxylic acids is 1. The molecule has 2 atom stereocenters. The van der Waals surface area contributed by atoms with Gasteiger partial charge in [-0.2, -0.15) is 0 Å². The number of hydrogen-bond donors (Lipinski definition) is 3. The van der Waals surface area contributed by atoms with Gasteiger partial charge in [-0.15, -0.1) is 0 Å². The van der Waals surface area contributed by atoms with Gasteiger partial charge in [0.05, 0.1) is 24.3 Å². The fourth-order valence-corrected chi connectivity index (χ4v) is 4.31. The van der Waals surface area contributed by atoms with Gasteiger partial charge in [0.15, 0.2) is 5.11 Å². The van der Waals surface area contributed by atoms with Crippen LogP contribution in [0.15, 0.2) is 42.5 Å². The summed E-state index contributed by atoms with van der Waals surface area (Å²) >= 11 is 5.52. The van der Waals surface area contributed by atoms with Gasteiger partial charge in [-0.1, -0.05) is 30.3 Å². The lowest BCUT2D eigenvalue weighted by atomic mass is 9.96. The lowest BCUT2D eigenvalue weighted by molar-refractivity contribution is -0.154. The van der Waals surface area contributed by atoms with Crippen LogP contribution >= 0.6 is 12.2 Å². The minimum Gasteiger partial charge on any atom is -0.465 e. The minimum absolute atomic E-state index is 0.0369. The number of ether oxygens (including phenoxy) is 1. The molecule has 0 aliphatic carbocycles. The van der Waals surface area contributed by atoms with Crippen LogP contribution in [0.25, 0.3) is 0 Å². The molecular weight excluding hydrogens is 494 g/mol. The fraction of sp³-hybridized carbons (Fsp3) is 0.481. The summed E-state index contributed by atoms with van der Waals surface area (Å²) in [5, 5.41) is 7.03. The molecule has 0 heterocycles. The van der Waals surface area contributed by atoms with Crippen molar-refractivity contribution in [2.24, 2.45) is 11.3 Å². The standard InChI is InChI=1S/C27H39N3O4S2/c1-18-8-9-21(14-19(18)2)15-22(17-34-25(31)27(4,5)6)16-28-26(35)29-20(3)23-10-12-24(13-11-23)30-36(7,32)33/h8-14,20,22,30H,15-17H2,1-7H3,(H2,28,29,35)/t20?,22-/m0/s1. The zero-order valence-corrected chi connectivity index (χ0v) is 23.9. The smallest absolute Gasteiger partial charge is 0.311 e. The normalized spacial score (nSPS) is 13.4. The van der Waals surface area contributed by atoms with Crippen molar-refractivity contribution in [3.05, 3.63) is 64.7 Å². The van der Waals surface area contributed by atoms with Crippen LogP contribution in [0.3, 0.4) is 0 Å². The molecule has 0 aliphatic rings. The molecule has 2 aromatic carbocycles. The number of aryl methyl sites for hydroxylation is 2. The van der Waals surface area contributed by atoms with Crippen molar-refractivity contribution in [2.45, 2.75) is 54.0 Å². The summed E-state index contributed by atoms with van der Waals surface area (Å²) in [6.45, 7) is 12.5. The van der Waals surface area contributed by atoms with E-state index in [1.54, 1.807) is 12.1 Å². The molecule has 0 spiro atoms. The Kier molecular flexibility index (Phi) is 10.3. The molecule has 0 aliphatic heterocycles. The first-order valence-electron chi connectivity index (χ1n) is 12.0. The van der Waals surface area contributed by atoms with E-state index in [2.05, 4.69) is 47.4 Å². The van der Waals surface area contributed by atoms with Crippen LogP contribution in [0.4, 0.5) is 5.69 Å². The summed E-state index contributed by atoms with van der Waals surface area (Å²) in [5.41, 5.74) is 4.57. The number of esters is 1. The van der Waals surface area contributed by atoms with Crippen LogP contribution in [0.2, 0.25) is 0 Å². The first-order valence-corrected chi connectivity index (χ1v) is 14.3. The van der Waals surface area contributed by atoms with Crippen LogP contribution in [0.5, 0.6) is 0 Å². The van der Waals surface area contributed by atoms with Crippen molar-refractivity contribution in [1.29, 1.82) is 0 Å². The Morgan fingerprint density at radius 1 is 1.06 bits per heavy atom. The number of anilines is 1. The maximum absolute atomic E-state index is 12.3. The Morgan fingerprint density at radius 3 is 2.25 bits per heavy atom. The number of hydrogen-bond acceptors (Lipinski definition) is 5. The zero-order valence-electron chi connectivity index (χ0n) is 22.3. The molecule has 0 saturated heterocycles. The molecule has 9 heteroatoms. The van der Waals surface area contributed by atoms with Crippen molar-refractivity contribution < 1.29 is 17.9 Å². The number of nitrogens with one attached hydrogen (secondary N) is 3. The van der Waals surface area contributed by atoms with Gasteiger partial charge in [-0.25, -0.2) is 8.42 Å². The van der Waals surface area contributed by atoms with Crippen molar-refractivity contribution in [1.82, 2.24) is 10.6 Å². The number of carbonyl (C=O) groups is 1. The van der Waals surface area contributed by atoms with Crippen molar-refractivity contribution in [3.63, 3.8) is 0 Å². The lowest BCUT2D eigenvalue weighted by Crippen LogP contribution is -2.41. The molecule has 0 radical (unpaired) electrons. The molecular formula is C27H39N3O4S2. The predicted octanol–water partition coefficient (Wildman–Crippen LogP) is 4.65. The molecule has 2 aromatic rings. The molecule has 36 heavy (non-hydrogen) atoms. The van der Waals surface area contributed by atoms with Crippen molar-refractivity contribution in [2.75, 3.05) is 24.1 Å². The second-order valence-corrected chi connectivity index (χ2v) is 12.6. The number of thiocarbonyl (C=S) groups is 1. The van der Waals surface area contributed by atoms with E-state index in [4.69, 9.17) is 17.0 Å². The second-order valence-electron chi connectivity index (χ2n) is 10.4. The molecule has 0 amide bonds. The van der Waals surface area contributed by atoms with Crippen LogP contribution in [0.1, 0.15) is 56.0 Å². The minimum atomic E-state index is -3.32. The van der Waals surface area contributed by atoms with E-state index in [1.807, 2.05) is 39.8 Å². The molecule has 0 bridgehead atoms. The summed E-state index contributed by atoms with van der Waals surface area (Å²) in [6, 6.07) is 13.4. The Labute approximate surface area is 221 Å². The monoisotopic (exact) mass is 533 g/mol. The van der Waals surface area contributed by atoms with Gasteiger partial charge >= 0.3 is 5.97 Å². The van der Waals surface area contributed by atoms with E-state index < -0.39 is 15.4 Å². The van der Waals surface area contributed by atoms with Crippen LogP contribution < -0.4 is 15.4 Å². The van der Waals surface area contributed by atoms with Crippen LogP contribution in [0, 0.1) is 25.2 Å². The van der Waals surface area contributed by atoms with E-state index in [9.17, 15) is 13.2 Å². The number of rotatable bonds is 10. The average Bonchev–Trinajstić information content (AvgIpc) is 2.76. The highest BCUT2D eigenvalue weighted by molar-refractivity contribution is 7.92. The van der Waals surface area contributed by atoms with Crippen molar-refractivity contribution in [3.8, 4) is 0 Å². The van der Waals surface area contributed by atoms with E-state index in [1.165, 1.54) is 16.7 Å². The van der Waals surface area contributed by atoms with E-state index in [0.717, 1.165) is 18.2 Å². The Hall–Kier alpha value is -2.65. The summed E-state index contributed by atoms with van der Waals surface area (Å²) < 4.78 is 30.9. The van der Waals surface area contributed by atoms with Gasteiger partial charge in [-0.3, -0.25) is 9.52 Å². The molecule has 2 rings (SSSR count). The summed E-state index contributed by atoms with van der Waals surface area (Å²) in [6.07, 6.45) is 1.87. The molecule has 1 unspecified atom stereocenters. The van der Waals surface area contributed by atoms with E-state index in [-0.39, 0.29) is 17.9 Å². The first kappa shape index (κ1) is 29.6. The van der Waals surface area contributed by atoms with Crippen molar-refractivity contribution >= 4 is 39.0 Å². The maximum atomic E-state index is 12.3. The fourth-order valence-electron chi connectivity index (χ4n) is 3.49. The first-order chi connectivity index (χ1) is 16.6. The third kappa shape index (κ3) is 10.1.